The highest BCUT2D eigenvalue weighted by Crippen LogP contribution is 2.25. The van der Waals surface area contributed by atoms with E-state index in [1.54, 1.807) is 0 Å². The van der Waals surface area contributed by atoms with Crippen LogP contribution in [0.4, 0.5) is 4.79 Å². The number of carbonyl (C=O) groups is 3. The number of ether oxygens (including phenoxy) is 5. The van der Waals surface area contributed by atoms with E-state index in [0.717, 1.165) is 0 Å². The van der Waals surface area contributed by atoms with Crippen LogP contribution < -0.4 is 0 Å². The van der Waals surface area contributed by atoms with Crippen LogP contribution >= 0.6 is 0 Å². The maximum atomic E-state index is 10.9. The molecule has 8 heteroatoms. The number of methoxy groups -OCH3 is 1. The van der Waals surface area contributed by atoms with Gasteiger partial charge in [0.15, 0.2) is 6.10 Å². The summed E-state index contributed by atoms with van der Waals surface area (Å²) >= 11 is 0. The Morgan fingerprint density at radius 3 is 2.32 bits per heavy atom. The van der Waals surface area contributed by atoms with Crippen LogP contribution in [0.3, 0.4) is 0 Å². The summed E-state index contributed by atoms with van der Waals surface area (Å²) in [5, 5.41) is 0. The largest absolute Gasteiger partial charge is 0.508 e. The van der Waals surface area contributed by atoms with E-state index in [4.69, 9.17) is 18.9 Å². The van der Waals surface area contributed by atoms with Crippen molar-refractivity contribution in [3.8, 4) is 0 Å². The van der Waals surface area contributed by atoms with Gasteiger partial charge in [-0.15, -0.1) is 0 Å². The van der Waals surface area contributed by atoms with Gasteiger partial charge in [-0.05, 0) is 0 Å². The first kappa shape index (κ1) is 15.2. The van der Waals surface area contributed by atoms with Gasteiger partial charge in [0.1, 0.15) is 6.61 Å². The minimum absolute atomic E-state index is 0.0811. The fourth-order valence-corrected chi connectivity index (χ4v) is 1.61. The Morgan fingerprint density at radius 2 is 1.79 bits per heavy atom. The van der Waals surface area contributed by atoms with Crippen LogP contribution in [0, 0.1) is 0 Å². The van der Waals surface area contributed by atoms with Crippen LogP contribution in [-0.2, 0) is 33.3 Å². The van der Waals surface area contributed by atoms with Crippen LogP contribution in [0.15, 0.2) is 0 Å². The van der Waals surface area contributed by atoms with Crippen molar-refractivity contribution in [2.75, 3.05) is 13.7 Å². The predicted octanol–water partition coefficient (Wildman–Crippen LogP) is 0.379. The molecule has 1 rings (SSSR count). The maximum Gasteiger partial charge on any atom is 0.508 e. The van der Waals surface area contributed by atoms with Crippen LogP contribution in [-0.4, -0.2) is 50.3 Å². The molecule has 0 aromatic heterocycles. The van der Waals surface area contributed by atoms with E-state index in [9.17, 15) is 14.4 Å². The third kappa shape index (κ3) is 5.12. The van der Waals surface area contributed by atoms with E-state index in [-0.39, 0.29) is 13.0 Å². The van der Waals surface area contributed by atoms with Crippen LogP contribution in [0.5, 0.6) is 0 Å². The summed E-state index contributed by atoms with van der Waals surface area (Å²) in [6, 6.07) is 0. The van der Waals surface area contributed by atoms with Crippen molar-refractivity contribution in [1.82, 2.24) is 0 Å². The molecular formula is C11H16O8. The van der Waals surface area contributed by atoms with Crippen LogP contribution in [0.1, 0.15) is 20.3 Å². The third-order valence-corrected chi connectivity index (χ3v) is 2.28. The van der Waals surface area contributed by atoms with Crippen molar-refractivity contribution >= 4 is 18.1 Å². The lowest BCUT2D eigenvalue weighted by Crippen LogP contribution is -2.30. The molecule has 3 atom stereocenters. The van der Waals surface area contributed by atoms with Gasteiger partial charge in [0.05, 0.1) is 13.2 Å². The monoisotopic (exact) mass is 276 g/mol. The van der Waals surface area contributed by atoms with Gasteiger partial charge in [0, 0.05) is 20.3 Å². The molecule has 108 valence electrons. The Hall–Kier alpha value is -1.83. The Balaban J connectivity index is 2.52. The van der Waals surface area contributed by atoms with E-state index >= 15 is 0 Å². The second-order valence-electron chi connectivity index (χ2n) is 3.88. The Morgan fingerprint density at radius 1 is 1.16 bits per heavy atom. The van der Waals surface area contributed by atoms with E-state index in [1.807, 2.05) is 0 Å². The second-order valence-corrected chi connectivity index (χ2v) is 3.88. The molecule has 1 aliphatic heterocycles. The fraction of sp³-hybridized carbons (Fsp3) is 0.727. The van der Waals surface area contributed by atoms with E-state index in [1.165, 1.54) is 21.0 Å². The van der Waals surface area contributed by atoms with Gasteiger partial charge < -0.3 is 23.7 Å². The SMILES string of the molecule is COC(=O)OC[C@H]1C[C@@H](OC(C)=O)C(OC(C)=O)O1. The van der Waals surface area contributed by atoms with Gasteiger partial charge in [-0.2, -0.15) is 0 Å². The molecule has 0 N–H and O–H groups in total. The summed E-state index contributed by atoms with van der Waals surface area (Å²) in [4.78, 5) is 32.6. The van der Waals surface area contributed by atoms with Gasteiger partial charge in [-0.25, -0.2) is 4.79 Å². The lowest BCUT2D eigenvalue weighted by atomic mass is 10.2. The summed E-state index contributed by atoms with van der Waals surface area (Å²) in [5.41, 5.74) is 0. The quantitative estimate of drug-likeness (QED) is 0.537. The Kier molecular flexibility index (Phi) is 5.56. The van der Waals surface area contributed by atoms with Gasteiger partial charge in [0.2, 0.25) is 6.29 Å². The number of carbonyl (C=O) groups excluding carboxylic acids is 3. The number of hydrogen-bond acceptors (Lipinski definition) is 8. The molecular weight excluding hydrogens is 260 g/mol. The van der Waals surface area contributed by atoms with E-state index in [0.29, 0.717) is 0 Å². The summed E-state index contributed by atoms with van der Waals surface area (Å²) in [6.07, 6.45) is -2.83. The molecule has 0 bridgehead atoms. The number of hydrogen-bond donors (Lipinski definition) is 0. The highest BCUT2D eigenvalue weighted by molar-refractivity contribution is 5.67. The molecule has 8 nitrogen and oxygen atoms in total. The normalized spacial score (nSPS) is 25.5. The van der Waals surface area contributed by atoms with Gasteiger partial charge in [-0.1, -0.05) is 0 Å². The van der Waals surface area contributed by atoms with Gasteiger partial charge >= 0.3 is 18.1 Å². The van der Waals surface area contributed by atoms with Crippen molar-refractivity contribution in [3.05, 3.63) is 0 Å². The number of rotatable bonds is 4. The summed E-state index contributed by atoms with van der Waals surface area (Å²) in [5.74, 6) is -1.07. The number of esters is 2. The molecule has 1 saturated heterocycles. The summed E-state index contributed by atoms with van der Waals surface area (Å²) in [6.45, 7) is 2.37. The molecule has 1 fully saturated rings. The van der Waals surface area contributed by atoms with Crippen LogP contribution in [0.2, 0.25) is 0 Å². The average molecular weight is 276 g/mol. The molecule has 1 unspecified atom stereocenters. The molecule has 0 radical (unpaired) electrons. The topological polar surface area (TPSA) is 97.4 Å². The standard InChI is InChI=1S/C11H16O8/c1-6(12)17-9-4-8(5-16-11(14)15-3)19-10(9)18-7(2)13/h8-10H,4-5H2,1-3H3/t8-,9-,10?/m1/s1. The van der Waals surface area contributed by atoms with Crippen molar-refractivity contribution in [2.45, 2.75) is 38.8 Å². The lowest BCUT2D eigenvalue weighted by Gasteiger charge is -2.17. The molecule has 19 heavy (non-hydrogen) atoms. The minimum Gasteiger partial charge on any atom is -0.456 e. The molecule has 1 heterocycles. The first-order chi connectivity index (χ1) is 8.92. The highest BCUT2D eigenvalue weighted by Gasteiger charge is 2.40. The zero-order chi connectivity index (χ0) is 14.4. The molecule has 0 spiro atoms. The molecule has 0 saturated carbocycles. The van der Waals surface area contributed by atoms with Gasteiger partial charge in [0.25, 0.3) is 0 Å². The second kappa shape index (κ2) is 6.93. The third-order valence-electron chi connectivity index (χ3n) is 2.28. The fourth-order valence-electron chi connectivity index (χ4n) is 1.61. The predicted molar refractivity (Wildman–Crippen MR) is 59.0 cm³/mol. The lowest BCUT2D eigenvalue weighted by molar-refractivity contribution is -0.195. The zero-order valence-corrected chi connectivity index (χ0v) is 10.9. The van der Waals surface area contributed by atoms with Gasteiger partial charge in [-0.3, -0.25) is 9.59 Å². The Labute approximate surface area is 109 Å². The summed E-state index contributed by atoms with van der Waals surface area (Å²) < 4.78 is 24.2. The maximum absolute atomic E-state index is 10.9. The molecule has 1 aliphatic rings. The van der Waals surface area contributed by atoms with Crippen molar-refractivity contribution in [1.29, 1.82) is 0 Å². The zero-order valence-electron chi connectivity index (χ0n) is 10.9. The van der Waals surface area contributed by atoms with Crippen molar-refractivity contribution in [3.63, 3.8) is 0 Å². The first-order valence-corrected chi connectivity index (χ1v) is 5.63. The molecule has 0 aromatic carbocycles. The van der Waals surface area contributed by atoms with Crippen molar-refractivity contribution < 1.29 is 38.1 Å². The smallest absolute Gasteiger partial charge is 0.456 e. The molecule has 0 amide bonds. The van der Waals surface area contributed by atoms with Crippen LogP contribution in [0.25, 0.3) is 0 Å². The first-order valence-electron chi connectivity index (χ1n) is 5.63. The average Bonchev–Trinajstić information content (AvgIpc) is 2.66. The summed E-state index contributed by atoms with van der Waals surface area (Å²) in [7, 11) is 1.18. The van der Waals surface area contributed by atoms with E-state index in [2.05, 4.69) is 4.74 Å². The van der Waals surface area contributed by atoms with Crippen molar-refractivity contribution in [2.24, 2.45) is 0 Å². The van der Waals surface area contributed by atoms with E-state index < -0.39 is 36.6 Å². The Bertz CT molecular complexity index is 329. The minimum atomic E-state index is -0.993. The molecule has 0 aliphatic carbocycles. The highest BCUT2D eigenvalue weighted by atomic mass is 16.7. The molecule has 0 aromatic rings.